The minimum Gasteiger partial charge on any atom is -0.481 e. The van der Waals surface area contributed by atoms with E-state index in [-0.39, 0.29) is 12.3 Å². The molecule has 1 aliphatic rings. The second-order valence-corrected chi connectivity index (χ2v) is 5.16. The number of carbonyl (C=O) groups is 1. The molecule has 0 radical (unpaired) electrons. The van der Waals surface area contributed by atoms with Crippen LogP contribution in [0.2, 0.25) is 0 Å². The number of nitrogens with zero attached hydrogens (tertiary/aromatic N) is 3. The SMILES string of the molecule is O=C(O)CCC1CCCN(c2ccc(C(F)(F)F)nn2)C1. The van der Waals surface area contributed by atoms with Crippen molar-refractivity contribution in [2.75, 3.05) is 18.0 Å². The summed E-state index contributed by atoms with van der Waals surface area (Å²) in [6, 6.07) is 2.23. The normalized spacial score (nSPS) is 19.6. The number of carboxylic acids is 1. The van der Waals surface area contributed by atoms with Crippen molar-refractivity contribution in [3.8, 4) is 0 Å². The Morgan fingerprint density at radius 2 is 2.14 bits per heavy atom. The molecule has 21 heavy (non-hydrogen) atoms. The molecule has 5 nitrogen and oxygen atoms in total. The third kappa shape index (κ3) is 4.30. The zero-order valence-electron chi connectivity index (χ0n) is 11.3. The van der Waals surface area contributed by atoms with Gasteiger partial charge >= 0.3 is 12.1 Å². The zero-order chi connectivity index (χ0) is 15.5. The summed E-state index contributed by atoms with van der Waals surface area (Å²) in [5.74, 6) is -0.205. The summed E-state index contributed by atoms with van der Waals surface area (Å²) in [7, 11) is 0. The predicted molar refractivity (Wildman–Crippen MR) is 68.8 cm³/mol. The lowest BCUT2D eigenvalue weighted by Gasteiger charge is -2.33. The molecule has 1 saturated heterocycles. The largest absolute Gasteiger partial charge is 0.481 e. The Bertz CT molecular complexity index is 490. The van der Waals surface area contributed by atoms with Crippen LogP contribution in [0.25, 0.3) is 0 Å². The van der Waals surface area contributed by atoms with E-state index in [2.05, 4.69) is 10.2 Å². The van der Waals surface area contributed by atoms with Crippen molar-refractivity contribution in [2.24, 2.45) is 5.92 Å². The Hall–Kier alpha value is -1.86. The quantitative estimate of drug-likeness (QED) is 0.926. The standard InChI is InChI=1S/C13H16F3N3O2/c14-13(15,16)10-4-5-11(18-17-10)19-7-1-2-9(8-19)3-6-12(20)21/h4-5,9H,1-3,6-8H2,(H,20,21). The lowest BCUT2D eigenvalue weighted by Crippen LogP contribution is -2.36. The summed E-state index contributed by atoms with van der Waals surface area (Å²) in [5.41, 5.74) is -1.01. The van der Waals surface area contributed by atoms with Gasteiger partial charge in [0.25, 0.3) is 0 Å². The van der Waals surface area contributed by atoms with Crippen LogP contribution >= 0.6 is 0 Å². The summed E-state index contributed by atoms with van der Waals surface area (Å²) < 4.78 is 37.3. The van der Waals surface area contributed by atoms with Crippen LogP contribution in [0.1, 0.15) is 31.4 Å². The Labute approximate surface area is 119 Å². The van der Waals surface area contributed by atoms with Crippen molar-refractivity contribution < 1.29 is 23.1 Å². The van der Waals surface area contributed by atoms with E-state index in [1.54, 1.807) is 0 Å². The topological polar surface area (TPSA) is 66.3 Å². The molecular formula is C13H16F3N3O2. The number of hydrogen-bond donors (Lipinski definition) is 1. The summed E-state index contributed by atoms with van der Waals surface area (Å²) in [6.45, 7) is 1.30. The summed E-state index contributed by atoms with van der Waals surface area (Å²) in [4.78, 5) is 12.4. The van der Waals surface area contributed by atoms with Gasteiger partial charge in [-0.2, -0.15) is 13.2 Å². The fraction of sp³-hybridized carbons (Fsp3) is 0.615. The fourth-order valence-corrected chi connectivity index (χ4v) is 2.48. The van der Waals surface area contributed by atoms with Gasteiger partial charge in [0.2, 0.25) is 0 Å². The maximum absolute atomic E-state index is 12.4. The third-order valence-electron chi connectivity index (χ3n) is 3.55. The summed E-state index contributed by atoms with van der Waals surface area (Å²) in [5, 5.41) is 15.5. The molecule has 1 atom stereocenters. The Morgan fingerprint density at radius 3 is 2.71 bits per heavy atom. The van der Waals surface area contributed by atoms with Crippen molar-refractivity contribution in [3.63, 3.8) is 0 Å². The second kappa shape index (κ2) is 6.28. The van der Waals surface area contributed by atoms with E-state index >= 15 is 0 Å². The molecule has 0 bridgehead atoms. The molecule has 1 fully saturated rings. The van der Waals surface area contributed by atoms with Crippen LogP contribution in [-0.4, -0.2) is 34.4 Å². The first kappa shape index (κ1) is 15.5. The number of rotatable bonds is 4. The summed E-state index contributed by atoms with van der Waals surface area (Å²) >= 11 is 0. The van der Waals surface area contributed by atoms with Gasteiger partial charge < -0.3 is 10.0 Å². The minimum absolute atomic E-state index is 0.108. The van der Waals surface area contributed by atoms with Crippen molar-refractivity contribution in [1.29, 1.82) is 0 Å². The van der Waals surface area contributed by atoms with Crippen molar-refractivity contribution in [1.82, 2.24) is 10.2 Å². The molecule has 1 aromatic heterocycles. The van der Waals surface area contributed by atoms with E-state index in [0.29, 0.717) is 25.3 Å². The van der Waals surface area contributed by atoms with Gasteiger partial charge in [-0.25, -0.2) is 0 Å². The van der Waals surface area contributed by atoms with E-state index in [1.807, 2.05) is 4.90 Å². The van der Waals surface area contributed by atoms with Crippen molar-refractivity contribution >= 4 is 11.8 Å². The van der Waals surface area contributed by atoms with Gasteiger partial charge in [0, 0.05) is 19.5 Å². The Kier molecular flexibility index (Phi) is 4.64. The maximum Gasteiger partial charge on any atom is 0.435 e. The predicted octanol–water partition coefficient (Wildman–Crippen LogP) is 2.58. The van der Waals surface area contributed by atoms with Crippen molar-refractivity contribution in [2.45, 2.75) is 31.9 Å². The molecule has 8 heteroatoms. The molecule has 0 amide bonds. The first-order valence-electron chi connectivity index (χ1n) is 6.74. The molecule has 1 aromatic rings. The molecule has 0 saturated carbocycles. The van der Waals surface area contributed by atoms with E-state index in [1.165, 1.54) is 6.07 Å². The molecule has 116 valence electrons. The monoisotopic (exact) mass is 303 g/mol. The fourth-order valence-electron chi connectivity index (χ4n) is 2.48. The van der Waals surface area contributed by atoms with Gasteiger partial charge in [-0.05, 0) is 37.3 Å². The molecule has 2 rings (SSSR count). The average molecular weight is 303 g/mol. The lowest BCUT2D eigenvalue weighted by molar-refractivity contribution is -0.141. The van der Waals surface area contributed by atoms with Crippen LogP contribution < -0.4 is 4.90 Å². The Balaban J connectivity index is 1.99. The smallest absolute Gasteiger partial charge is 0.435 e. The van der Waals surface area contributed by atoms with Crippen LogP contribution in [0.4, 0.5) is 19.0 Å². The first-order valence-corrected chi connectivity index (χ1v) is 6.74. The first-order chi connectivity index (χ1) is 9.86. The van der Waals surface area contributed by atoms with Crippen molar-refractivity contribution in [3.05, 3.63) is 17.8 Å². The van der Waals surface area contributed by atoms with Gasteiger partial charge in [-0.1, -0.05) is 0 Å². The molecule has 1 unspecified atom stereocenters. The van der Waals surface area contributed by atoms with E-state index in [9.17, 15) is 18.0 Å². The lowest BCUT2D eigenvalue weighted by atomic mass is 9.93. The molecule has 0 spiro atoms. The van der Waals surface area contributed by atoms with Crippen LogP contribution in [0.15, 0.2) is 12.1 Å². The van der Waals surface area contributed by atoms with E-state index in [4.69, 9.17) is 5.11 Å². The number of aliphatic carboxylic acids is 1. The molecule has 0 aromatic carbocycles. The van der Waals surface area contributed by atoms with E-state index < -0.39 is 17.8 Å². The number of piperidine rings is 1. The summed E-state index contributed by atoms with van der Waals surface area (Å²) in [6.07, 6.45) is -2.01. The number of carboxylic acid groups (broad SMARTS) is 1. The number of halogens is 3. The van der Waals surface area contributed by atoms with Crippen LogP contribution in [0, 0.1) is 5.92 Å². The van der Waals surface area contributed by atoms with Gasteiger partial charge in [-0.15, -0.1) is 10.2 Å². The second-order valence-electron chi connectivity index (χ2n) is 5.16. The van der Waals surface area contributed by atoms with Gasteiger partial charge in [0.1, 0.15) is 0 Å². The zero-order valence-corrected chi connectivity index (χ0v) is 11.3. The number of alkyl halides is 3. The molecular weight excluding hydrogens is 287 g/mol. The molecule has 0 aliphatic carbocycles. The molecule has 1 aliphatic heterocycles. The number of aromatic nitrogens is 2. The third-order valence-corrected chi connectivity index (χ3v) is 3.55. The maximum atomic E-state index is 12.4. The highest BCUT2D eigenvalue weighted by atomic mass is 19.4. The van der Waals surface area contributed by atoms with Gasteiger partial charge in [0.05, 0.1) is 0 Å². The number of hydrogen-bond acceptors (Lipinski definition) is 4. The molecule has 2 heterocycles. The van der Waals surface area contributed by atoms with Gasteiger partial charge in [-0.3, -0.25) is 4.79 Å². The minimum atomic E-state index is -4.49. The van der Waals surface area contributed by atoms with Crippen LogP contribution in [-0.2, 0) is 11.0 Å². The Morgan fingerprint density at radius 1 is 1.38 bits per heavy atom. The van der Waals surface area contributed by atoms with E-state index in [0.717, 1.165) is 18.9 Å². The molecule has 1 N–H and O–H groups in total. The average Bonchev–Trinajstić information content (AvgIpc) is 2.45. The highest BCUT2D eigenvalue weighted by molar-refractivity contribution is 5.66. The van der Waals surface area contributed by atoms with Crippen LogP contribution in [0.5, 0.6) is 0 Å². The van der Waals surface area contributed by atoms with Crippen LogP contribution in [0.3, 0.4) is 0 Å². The van der Waals surface area contributed by atoms with Gasteiger partial charge in [0.15, 0.2) is 11.5 Å². The highest BCUT2D eigenvalue weighted by Crippen LogP contribution is 2.29. The number of anilines is 1. The highest BCUT2D eigenvalue weighted by Gasteiger charge is 2.33.